The minimum Gasteiger partial charge on any atom is -0.369 e. The van der Waals surface area contributed by atoms with Crippen LogP contribution in [0.3, 0.4) is 0 Å². The number of likely N-dealkylation sites (N-methyl/N-ethyl adjacent to an activating group) is 1. The molecule has 2 aliphatic heterocycles. The van der Waals surface area contributed by atoms with Gasteiger partial charge in [0.1, 0.15) is 0 Å². The van der Waals surface area contributed by atoms with E-state index in [0.29, 0.717) is 6.54 Å². The first kappa shape index (κ1) is 25.2. The first-order valence-electron chi connectivity index (χ1n) is 11.9. The summed E-state index contributed by atoms with van der Waals surface area (Å²) in [7, 11) is 2.11. The molecule has 0 radical (unpaired) electrons. The minimum atomic E-state index is -4.89. The minimum absolute atomic E-state index is 0.132. The number of nitrogens with zero attached hydrogens (tertiary/aromatic N) is 3. The van der Waals surface area contributed by atoms with Gasteiger partial charge >= 0.3 is 12.4 Å². The normalized spacial score (nSPS) is 16.7. The summed E-state index contributed by atoms with van der Waals surface area (Å²) in [6, 6.07) is 14.8. The van der Waals surface area contributed by atoms with Gasteiger partial charge in [-0.1, -0.05) is 18.2 Å². The lowest BCUT2D eigenvalue weighted by molar-refractivity contribution is -0.143. The molecule has 0 saturated carbocycles. The number of fused-ring (bicyclic) bond motifs is 1. The first-order chi connectivity index (χ1) is 17.5. The Balaban J connectivity index is 1.45. The lowest BCUT2D eigenvalue weighted by Gasteiger charge is -2.34. The largest absolute Gasteiger partial charge is 0.416 e. The van der Waals surface area contributed by atoms with E-state index in [1.807, 2.05) is 24.3 Å². The Morgan fingerprint density at radius 3 is 1.84 bits per heavy atom. The summed E-state index contributed by atoms with van der Waals surface area (Å²) in [4.78, 5) is 6.70. The Hall–Kier alpha value is -3.46. The van der Waals surface area contributed by atoms with Gasteiger partial charge in [0.25, 0.3) is 0 Å². The monoisotopic (exact) mass is 517 g/mol. The van der Waals surface area contributed by atoms with Crippen LogP contribution in [0.15, 0.2) is 66.7 Å². The summed E-state index contributed by atoms with van der Waals surface area (Å²) in [5.41, 5.74) is 1.15. The van der Waals surface area contributed by atoms with Crippen molar-refractivity contribution in [3.8, 4) is 11.1 Å². The first-order valence-corrected chi connectivity index (χ1v) is 11.9. The molecule has 0 amide bonds. The van der Waals surface area contributed by atoms with Crippen molar-refractivity contribution in [3.05, 3.63) is 83.4 Å². The number of piperazine rings is 1. The van der Waals surface area contributed by atoms with E-state index in [1.54, 1.807) is 18.2 Å². The van der Waals surface area contributed by atoms with E-state index in [0.717, 1.165) is 60.9 Å². The lowest BCUT2D eigenvalue weighted by atomic mass is 9.96. The quantitative estimate of drug-likeness (QED) is 0.338. The smallest absolute Gasteiger partial charge is 0.369 e. The van der Waals surface area contributed by atoms with Crippen LogP contribution in [0.1, 0.15) is 16.7 Å². The summed E-state index contributed by atoms with van der Waals surface area (Å²) < 4.78 is 80.0. The Bertz CT molecular complexity index is 1270. The second kappa shape index (κ2) is 9.45. The van der Waals surface area contributed by atoms with Crippen LogP contribution < -0.4 is 9.80 Å². The van der Waals surface area contributed by atoms with E-state index in [2.05, 4.69) is 33.9 Å². The van der Waals surface area contributed by atoms with Gasteiger partial charge < -0.3 is 14.7 Å². The van der Waals surface area contributed by atoms with Crippen LogP contribution in [0.25, 0.3) is 17.2 Å². The van der Waals surface area contributed by atoms with Crippen LogP contribution in [0.4, 0.5) is 43.4 Å². The number of halogens is 6. The summed E-state index contributed by atoms with van der Waals surface area (Å²) in [6.07, 6.45) is -6.02. The molecule has 0 unspecified atom stereocenters. The summed E-state index contributed by atoms with van der Waals surface area (Å²) in [5.74, 6) is 0. The van der Waals surface area contributed by atoms with Gasteiger partial charge in [0.15, 0.2) is 0 Å². The van der Waals surface area contributed by atoms with Gasteiger partial charge in [0.05, 0.1) is 11.1 Å². The van der Waals surface area contributed by atoms with Gasteiger partial charge in [-0.05, 0) is 78.3 Å². The third-order valence-corrected chi connectivity index (χ3v) is 6.85. The molecule has 0 atom stereocenters. The highest BCUT2D eigenvalue weighted by molar-refractivity contribution is 5.82. The van der Waals surface area contributed by atoms with E-state index in [-0.39, 0.29) is 17.2 Å². The lowest BCUT2D eigenvalue weighted by Crippen LogP contribution is -2.44. The zero-order valence-electron chi connectivity index (χ0n) is 20.1. The van der Waals surface area contributed by atoms with Crippen LogP contribution in [-0.2, 0) is 12.4 Å². The Labute approximate surface area is 211 Å². The van der Waals surface area contributed by atoms with Gasteiger partial charge in [-0.25, -0.2) is 0 Å². The van der Waals surface area contributed by atoms with Gasteiger partial charge in [0.2, 0.25) is 0 Å². The van der Waals surface area contributed by atoms with E-state index in [9.17, 15) is 26.3 Å². The van der Waals surface area contributed by atoms with Crippen LogP contribution in [0.5, 0.6) is 0 Å². The molecule has 1 fully saturated rings. The van der Waals surface area contributed by atoms with Gasteiger partial charge in [0, 0.05) is 49.8 Å². The fourth-order valence-corrected chi connectivity index (χ4v) is 4.77. The van der Waals surface area contributed by atoms with Crippen LogP contribution in [-0.4, -0.2) is 44.7 Å². The molecule has 0 N–H and O–H groups in total. The zero-order chi connectivity index (χ0) is 26.4. The van der Waals surface area contributed by atoms with Crippen molar-refractivity contribution in [3.63, 3.8) is 0 Å². The molecular weight excluding hydrogens is 492 g/mol. The Morgan fingerprint density at radius 2 is 1.24 bits per heavy atom. The number of benzene rings is 3. The number of hydrogen-bond donors (Lipinski definition) is 0. The fourth-order valence-electron chi connectivity index (χ4n) is 4.77. The van der Waals surface area contributed by atoms with Gasteiger partial charge in [-0.2, -0.15) is 26.3 Å². The molecule has 0 spiro atoms. The SMILES string of the molecule is CN1CCN(c2ccc(N3CC=Cc4cc(-c5cc(C(F)(F)F)cc(C(F)(F)F)c5)ccc43)cc2)CC1. The highest BCUT2D eigenvalue weighted by Gasteiger charge is 2.37. The molecule has 2 heterocycles. The summed E-state index contributed by atoms with van der Waals surface area (Å²) >= 11 is 0. The average Bonchev–Trinajstić information content (AvgIpc) is 2.87. The number of rotatable bonds is 3. The molecule has 9 heteroatoms. The molecule has 1 saturated heterocycles. The highest BCUT2D eigenvalue weighted by atomic mass is 19.4. The Morgan fingerprint density at radius 1 is 0.649 bits per heavy atom. The van der Waals surface area contributed by atoms with Crippen molar-refractivity contribution in [2.75, 3.05) is 49.6 Å². The molecular formula is C28H25F6N3. The van der Waals surface area contributed by atoms with E-state index < -0.39 is 23.5 Å². The molecule has 5 rings (SSSR count). The molecule has 2 aliphatic rings. The second-order valence-electron chi connectivity index (χ2n) is 9.39. The summed E-state index contributed by atoms with van der Waals surface area (Å²) in [5, 5.41) is 0. The highest BCUT2D eigenvalue weighted by Crippen LogP contribution is 2.41. The van der Waals surface area contributed by atoms with Crippen LogP contribution in [0, 0.1) is 0 Å². The fraction of sp³-hybridized carbons (Fsp3) is 0.286. The molecule has 3 aromatic carbocycles. The zero-order valence-corrected chi connectivity index (χ0v) is 20.1. The van der Waals surface area contributed by atoms with Gasteiger partial charge in [-0.3, -0.25) is 0 Å². The van der Waals surface area contributed by atoms with E-state index >= 15 is 0 Å². The predicted molar refractivity (Wildman–Crippen MR) is 134 cm³/mol. The summed E-state index contributed by atoms with van der Waals surface area (Å²) in [6.45, 7) is 4.52. The number of hydrogen-bond acceptors (Lipinski definition) is 3. The predicted octanol–water partition coefficient (Wildman–Crippen LogP) is 7.31. The molecule has 0 bridgehead atoms. The third-order valence-electron chi connectivity index (χ3n) is 6.85. The maximum atomic E-state index is 13.3. The molecule has 0 aromatic heterocycles. The van der Waals surface area contributed by atoms with Crippen LogP contribution in [0.2, 0.25) is 0 Å². The van der Waals surface area contributed by atoms with Crippen LogP contribution >= 0.6 is 0 Å². The van der Waals surface area contributed by atoms with Crippen molar-refractivity contribution in [2.45, 2.75) is 12.4 Å². The van der Waals surface area contributed by atoms with E-state index in [1.165, 1.54) is 0 Å². The molecule has 194 valence electrons. The maximum Gasteiger partial charge on any atom is 0.416 e. The molecule has 37 heavy (non-hydrogen) atoms. The molecule has 0 aliphatic carbocycles. The van der Waals surface area contributed by atoms with Crippen molar-refractivity contribution >= 4 is 23.1 Å². The van der Waals surface area contributed by atoms with Crippen molar-refractivity contribution in [1.82, 2.24) is 4.90 Å². The third kappa shape index (κ3) is 5.32. The molecule has 3 aromatic rings. The second-order valence-corrected chi connectivity index (χ2v) is 9.39. The van der Waals surface area contributed by atoms with Crippen molar-refractivity contribution in [2.24, 2.45) is 0 Å². The topological polar surface area (TPSA) is 9.72 Å². The van der Waals surface area contributed by atoms with Crippen molar-refractivity contribution < 1.29 is 26.3 Å². The maximum absolute atomic E-state index is 13.3. The average molecular weight is 518 g/mol. The standard InChI is InChI=1S/C28H25F6N3/c1-35-11-13-36(14-12-35)24-5-7-25(8-6-24)37-10-2-3-20-15-19(4-9-26(20)37)21-16-22(27(29,30)31)18-23(17-21)28(32,33)34/h2-9,15-18H,10-14H2,1H3. The number of anilines is 3. The molecule has 3 nitrogen and oxygen atoms in total. The van der Waals surface area contributed by atoms with E-state index in [4.69, 9.17) is 0 Å². The van der Waals surface area contributed by atoms with Gasteiger partial charge in [-0.15, -0.1) is 0 Å². The number of alkyl halides is 6. The Kier molecular flexibility index (Phi) is 6.43. The van der Waals surface area contributed by atoms with Crippen molar-refractivity contribution in [1.29, 1.82) is 0 Å².